The van der Waals surface area contributed by atoms with E-state index in [0.717, 1.165) is 77.0 Å². The number of nitrogens with zero attached hydrogens (tertiary/aromatic N) is 4. The van der Waals surface area contributed by atoms with Gasteiger partial charge in [0.2, 0.25) is 11.8 Å². The van der Waals surface area contributed by atoms with Crippen LogP contribution >= 0.6 is 0 Å². The SMILES string of the molecule is O=C(NCCCN1CCOCC1)C1Cc2cc(C(F)(F)F)ccc2N2CCN(CC(=O)N3CCCC3)CC12. The predicted octanol–water partition coefficient (Wildman–Crippen LogP) is 1.83. The van der Waals surface area contributed by atoms with Gasteiger partial charge in [-0.15, -0.1) is 0 Å². The molecule has 3 fully saturated rings. The molecule has 4 aliphatic heterocycles. The molecule has 1 aromatic carbocycles. The summed E-state index contributed by atoms with van der Waals surface area (Å²) in [5.41, 5.74) is 0.644. The van der Waals surface area contributed by atoms with Crippen molar-refractivity contribution in [2.45, 2.75) is 37.9 Å². The molecule has 4 heterocycles. The normalized spacial score (nSPS) is 24.7. The molecule has 1 aromatic rings. The Morgan fingerprint density at radius 3 is 2.50 bits per heavy atom. The Balaban J connectivity index is 1.28. The number of rotatable bonds is 7. The average Bonchev–Trinajstić information content (AvgIpc) is 3.46. The van der Waals surface area contributed by atoms with Gasteiger partial charge in [0.25, 0.3) is 0 Å². The van der Waals surface area contributed by atoms with Crippen LogP contribution in [0.5, 0.6) is 0 Å². The second-order valence-electron chi connectivity index (χ2n) is 10.8. The van der Waals surface area contributed by atoms with Crippen molar-refractivity contribution in [3.05, 3.63) is 29.3 Å². The molecule has 4 aliphatic rings. The molecule has 5 rings (SSSR count). The molecule has 2 unspecified atom stereocenters. The third kappa shape index (κ3) is 6.26. The molecule has 8 nitrogen and oxygen atoms in total. The van der Waals surface area contributed by atoms with Gasteiger partial charge < -0.3 is 19.9 Å². The molecular weight excluding hydrogens is 499 g/mol. The van der Waals surface area contributed by atoms with Crippen molar-refractivity contribution >= 4 is 17.5 Å². The summed E-state index contributed by atoms with van der Waals surface area (Å²) in [6.45, 7) is 8.25. The molecule has 0 aliphatic carbocycles. The van der Waals surface area contributed by atoms with Crippen molar-refractivity contribution in [2.75, 3.05) is 83.6 Å². The lowest BCUT2D eigenvalue weighted by Gasteiger charge is -2.49. The molecule has 3 saturated heterocycles. The first-order valence-electron chi connectivity index (χ1n) is 13.8. The maximum Gasteiger partial charge on any atom is 0.416 e. The van der Waals surface area contributed by atoms with Gasteiger partial charge in [-0.2, -0.15) is 13.2 Å². The van der Waals surface area contributed by atoms with E-state index >= 15 is 0 Å². The molecule has 0 saturated carbocycles. The zero-order chi connectivity index (χ0) is 26.7. The van der Waals surface area contributed by atoms with Gasteiger partial charge in [0.05, 0.1) is 37.3 Å². The minimum Gasteiger partial charge on any atom is -0.379 e. The number of fused-ring (bicyclic) bond motifs is 3. The van der Waals surface area contributed by atoms with Crippen molar-refractivity contribution < 1.29 is 27.5 Å². The van der Waals surface area contributed by atoms with Gasteiger partial charge in [-0.25, -0.2) is 0 Å². The number of benzene rings is 1. The summed E-state index contributed by atoms with van der Waals surface area (Å²) in [7, 11) is 0. The van der Waals surface area contributed by atoms with Crippen LogP contribution in [0.3, 0.4) is 0 Å². The van der Waals surface area contributed by atoms with Crippen LogP contribution in [0.2, 0.25) is 0 Å². The van der Waals surface area contributed by atoms with Gasteiger partial charge in [0.15, 0.2) is 0 Å². The van der Waals surface area contributed by atoms with Crippen LogP contribution in [-0.2, 0) is 26.9 Å². The fourth-order valence-corrected chi connectivity index (χ4v) is 6.23. The number of anilines is 1. The molecule has 210 valence electrons. The third-order valence-corrected chi connectivity index (χ3v) is 8.33. The Morgan fingerprint density at radius 1 is 1.00 bits per heavy atom. The second-order valence-corrected chi connectivity index (χ2v) is 10.8. The monoisotopic (exact) mass is 537 g/mol. The molecule has 0 bridgehead atoms. The molecule has 2 atom stereocenters. The number of carbonyl (C=O) groups excluding carboxylic acids is 2. The van der Waals surface area contributed by atoms with Crippen LogP contribution in [-0.4, -0.2) is 111 Å². The summed E-state index contributed by atoms with van der Waals surface area (Å²) >= 11 is 0. The summed E-state index contributed by atoms with van der Waals surface area (Å²) < 4.78 is 45.8. The number of hydrogen-bond acceptors (Lipinski definition) is 6. The number of likely N-dealkylation sites (tertiary alicyclic amines) is 1. The van der Waals surface area contributed by atoms with E-state index in [1.165, 1.54) is 6.07 Å². The minimum absolute atomic E-state index is 0.117. The molecule has 1 N–H and O–H groups in total. The number of halogens is 3. The maximum atomic E-state index is 13.5. The van der Waals surface area contributed by atoms with Gasteiger partial charge in [0, 0.05) is 58.0 Å². The minimum atomic E-state index is -4.43. The smallest absolute Gasteiger partial charge is 0.379 e. The largest absolute Gasteiger partial charge is 0.416 e. The first kappa shape index (κ1) is 27.2. The van der Waals surface area contributed by atoms with E-state index < -0.39 is 17.7 Å². The summed E-state index contributed by atoms with van der Waals surface area (Å²) in [5, 5.41) is 3.06. The standard InChI is InChI=1S/C27H38F3N5O3/c28-27(29,30)21-4-5-23-20(16-21)17-22(26(37)31-6-3-7-32-12-14-38-15-13-32)24-18-33(10-11-35(23)24)19-25(36)34-8-1-2-9-34/h4-5,16,22,24H,1-3,6-15,17-19H2,(H,31,37). The van der Waals surface area contributed by atoms with Crippen molar-refractivity contribution in [1.82, 2.24) is 20.0 Å². The van der Waals surface area contributed by atoms with Crippen molar-refractivity contribution in [1.29, 1.82) is 0 Å². The van der Waals surface area contributed by atoms with E-state index in [1.54, 1.807) is 6.07 Å². The number of alkyl halides is 3. The fourth-order valence-electron chi connectivity index (χ4n) is 6.23. The topological polar surface area (TPSA) is 68.4 Å². The van der Waals surface area contributed by atoms with E-state index in [4.69, 9.17) is 4.74 Å². The second kappa shape index (κ2) is 11.8. The Kier molecular flexibility index (Phi) is 8.44. The quantitative estimate of drug-likeness (QED) is 0.536. The Hall–Kier alpha value is -2.37. The lowest BCUT2D eigenvalue weighted by molar-refractivity contribution is -0.137. The predicted molar refractivity (Wildman–Crippen MR) is 137 cm³/mol. The average molecular weight is 538 g/mol. The van der Waals surface area contributed by atoms with Crippen molar-refractivity contribution in [3.63, 3.8) is 0 Å². The number of hydrogen-bond donors (Lipinski definition) is 1. The van der Waals surface area contributed by atoms with Gasteiger partial charge in [-0.05, 0) is 56.0 Å². The highest BCUT2D eigenvalue weighted by molar-refractivity contribution is 5.82. The van der Waals surface area contributed by atoms with Crippen LogP contribution in [0.25, 0.3) is 0 Å². The highest BCUT2D eigenvalue weighted by Gasteiger charge is 2.43. The van der Waals surface area contributed by atoms with E-state index in [-0.39, 0.29) is 24.3 Å². The van der Waals surface area contributed by atoms with E-state index in [2.05, 4.69) is 20.0 Å². The molecular formula is C27H38F3N5O3. The number of nitrogens with one attached hydrogen (secondary N) is 1. The highest BCUT2D eigenvalue weighted by Crippen LogP contribution is 2.39. The van der Waals surface area contributed by atoms with Crippen LogP contribution in [0, 0.1) is 5.92 Å². The number of ether oxygens (including phenoxy) is 1. The molecule has 11 heteroatoms. The van der Waals surface area contributed by atoms with E-state index in [9.17, 15) is 22.8 Å². The molecule has 0 spiro atoms. The van der Waals surface area contributed by atoms with E-state index in [1.807, 2.05) is 4.90 Å². The molecule has 38 heavy (non-hydrogen) atoms. The zero-order valence-electron chi connectivity index (χ0n) is 21.8. The van der Waals surface area contributed by atoms with E-state index in [0.29, 0.717) is 38.3 Å². The Morgan fingerprint density at radius 2 is 1.76 bits per heavy atom. The Labute approximate surface area is 222 Å². The van der Waals surface area contributed by atoms with Crippen LogP contribution in [0.4, 0.5) is 18.9 Å². The third-order valence-electron chi connectivity index (χ3n) is 8.33. The van der Waals surface area contributed by atoms with Gasteiger partial charge in [-0.1, -0.05) is 0 Å². The lowest BCUT2D eigenvalue weighted by Crippen LogP contribution is -2.62. The Bertz CT molecular complexity index is 995. The van der Waals surface area contributed by atoms with Crippen LogP contribution in [0.1, 0.15) is 30.4 Å². The maximum absolute atomic E-state index is 13.5. The molecule has 0 aromatic heterocycles. The lowest BCUT2D eigenvalue weighted by atomic mass is 9.82. The number of piperazine rings is 1. The van der Waals surface area contributed by atoms with Crippen LogP contribution in [0.15, 0.2) is 18.2 Å². The molecule has 2 amide bonds. The first-order valence-corrected chi connectivity index (χ1v) is 13.8. The summed E-state index contributed by atoms with van der Waals surface area (Å²) in [5.74, 6) is -0.497. The van der Waals surface area contributed by atoms with Crippen LogP contribution < -0.4 is 10.2 Å². The van der Waals surface area contributed by atoms with Crippen molar-refractivity contribution in [2.24, 2.45) is 5.92 Å². The summed E-state index contributed by atoms with van der Waals surface area (Å²) in [6, 6.07) is 3.68. The first-order chi connectivity index (χ1) is 18.3. The van der Waals surface area contributed by atoms with Crippen molar-refractivity contribution in [3.8, 4) is 0 Å². The number of carbonyl (C=O) groups is 2. The zero-order valence-corrected chi connectivity index (χ0v) is 21.8. The summed E-state index contributed by atoms with van der Waals surface area (Å²) in [4.78, 5) is 34.7. The fraction of sp³-hybridized carbons (Fsp3) is 0.704. The summed E-state index contributed by atoms with van der Waals surface area (Å²) in [6.07, 6.45) is -1.31. The van der Waals surface area contributed by atoms with Gasteiger partial charge in [-0.3, -0.25) is 19.4 Å². The van der Waals surface area contributed by atoms with Gasteiger partial charge >= 0.3 is 6.18 Å². The van der Waals surface area contributed by atoms with Gasteiger partial charge in [0.1, 0.15) is 0 Å². The number of amides is 2. The molecule has 0 radical (unpaired) electrons. The number of morpholine rings is 1. The highest BCUT2D eigenvalue weighted by atomic mass is 19.4.